The summed E-state index contributed by atoms with van der Waals surface area (Å²) >= 11 is 11.7. The first-order valence-electron chi connectivity index (χ1n) is 4.29. The fourth-order valence-electron chi connectivity index (χ4n) is 1.20. The van der Waals surface area contributed by atoms with Crippen molar-refractivity contribution in [3.05, 3.63) is 35.0 Å². The maximum atomic E-state index is 5.92. The summed E-state index contributed by atoms with van der Waals surface area (Å²) in [4.78, 5) is 8.02. The molecular formula is C9H8Cl2N4. The molecule has 0 aliphatic heterocycles. The van der Waals surface area contributed by atoms with Gasteiger partial charge in [-0.3, -0.25) is 0 Å². The van der Waals surface area contributed by atoms with Crippen LogP contribution >= 0.6 is 23.2 Å². The predicted molar refractivity (Wildman–Crippen MR) is 58.5 cm³/mol. The zero-order valence-corrected chi connectivity index (χ0v) is 9.50. The van der Waals surface area contributed by atoms with Crippen molar-refractivity contribution in [1.82, 2.24) is 19.7 Å². The zero-order chi connectivity index (χ0) is 10.8. The predicted octanol–water partition coefficient (Wildman–Crippen LogP) is 2.36. The molecule has 0 fully saturated rings. The van der Waals surface area contributed by atoms with E-state index in [-0.39, 0.29) is 0 Å². The molecule has 15 heavy (non-hydrogen) atoms. The SMILES string of the molecule is Cc1nn(-c2ncncc2CCl)cc1Cl. The lowest BCUT2D eigenvalue weighted by molar-refractivity contribution is 0.814. The Balaban J connectivity index is 2.53. The van der Waals surface area contributed by atoms with Crippen LogP contribution in [0.15, 0.2) is 18.7 Å². The highest BCUT2D eigenvalue weighted by molar-refractivity contribution is 6.31. The minimum atomic E-state index is 0.340. The van der Waals surface area contributed by atoms with Gasteiger partial charge in [0.05, 0.1) is 22.8 Å². The Morgan fingerprint density at radius 2 is 2.27 bits per heavy atom. The van der Waals surface area contributed by atoms with Crippen LogP contribution in [0.25, 0.3) is 5.82 Å². The van der Waals surface area contributed by atoms with E-state index in [2.05, 4.69) is 15.1 Å². The summed E-state index contributed by atoms with van der Waals surface area (Å²) in [5.74, 6) is 1.00. The molecule has 2 aromatic heterocycles. The third kappa shape index (κ3) is 1.96. The second-order valence-electron chi connectivity index (χ2n) is 3.01. The van der Waals surface area contributed by atoms with Gasteiger partial charge in [-0.15, -0.1) is 11.6 Å². The van der Waals surface area contributed by atoms with E-state index in [9.17, 15) is 0 Å². The lowest BCUT2D eigenvalue weighted by Crippen LogP contribution is -2.03. The lowest BCUT2D eigenvalue weighted by Gasteiger charge is -2.03. The summed E-state index contributed by atoms with van der Waals surface area (Å²) in [5.41, 5.74) is 1.58. The first kappa shape index (κ1) is 10.4. The molecule has 0 bridgehead atoms. The number of aryl methyl sites for hydroxylation is 1. The molecule has 2 rings (SSSR count). The van der Waals surface area contributed by atoms with E-state index < -0.39 is 0 Å². The molecule has 6 heteroatoms. The van der Waals surface area contributed by atoms with Crippen LogP contribution in [-0.2, 0) is 5.88 Å². The second-order valence-corrected chi connectivity index (χ2v) is 3.69. The molecule has 0 saturated carbocycles. The number of hydrogen-bond acceptors (Lipinski definition) is 3. The summed E-state index contributed by atoms with van der Waals surface area (Å²) in [6.45, 7) is 1.83. The Hall–Kier alpha value is -1.13. The normalized spacial score (nSPS) is 10.6. The molecule has 0 radical (unpaired) electrons. The average molecular weight is 243 g/mol. The van der Waals surface area contributed by atoms with Gasteiger partial charge >= 0.3 is 0 Å². The Morgan fingerprint density at radius 1 is 1.47 bits per heavy atom. The van der Waals surface area contributed by atoms with Gasteiger partial charge in [0.1, 0.15) is 6.33 Å². The summed E-state index contributed by atoms with van der Waals surface area (Å²) in [6.07, 6.45) is 4.83. The maximum absolute atomic E-state index is 5.92. The summed E-state index contributed by atoms with van der Waals surface area (Å²) < 4.78 is 1.61. The number of hydrogen-bond donors (Lipinski definition) is 0. The largest absolute Gasteiger partial charge is 0.244 e. The van der Waals surface area contributed by atoms with Crippen LogP contribution in [0.4, 0.5) is 0 Å². The minimum Gasteiger partial charge on any atom is -0.244 e. The smallest absolute Gasteiger partial charge is 0.161 e. The minimum absolute atomic E-state index is 0.340. The quantitative estimate of drug-likeness (QED) is 0.760. The van der Waals surface area contributed by atoms with Crippen molar-refractivity contribution < 1.29 is 0 Å². The Morgan fingerprint density at radius 3 is 2.87 bits per heavy atom. The van der Waals surface area contributed by atoms with E-state index in [1.165, 1.54) is 6.33 Å². The van der Waals surface area contributed by atoms with Crippen molar-refractivity contribution in [1.29, 1.82) is 0 Å². The zero-order valence-electron chi connectivity index (χ0n) is 7.98. The van der Waals surface area contributed by atoms with E-state index in [1.54, 1.807) is 17.1 Å². The third-order valence-electron chi connectivity index (χ3n) is 1.96. The molecule has 4 nitrogen and oxygen atoms in total. The number of aromatic nitrogens is 4. The van der Waals surface area contributed by atoms with E-state index in [1.807, 2.05) is 6.92 Å². The van der Waals surface area contributed by atoms with Gasteiger partial charge < -0.3 is 0 Å². The fourth-order valence-corrected chi connectivity index (χ4v) is 1.52. The standard InChI is InChI=1S/C9H8Cl2N4/c1-6-8(11)4-15(14-6)9-7(2-10)3-12-5-13-9/h3-5H,2H2,1H3. The second kappa shape index (κ2) is 4.16. The highest BCUT2D eigenvalue weighted by atomic mass is 35.5. The highest BCUT2D eigenvalue weighted by Gasteiger charge is 2.08. The first-order valence-corrected chi connectivity index (χ1v) is 5.20. The molecule has 0 saturated heterocycles. The van der Waals surface area contributed by atoms with Gasteiger partial charge in [0.15, 0.2) is 5.82 Å². The van der Waals surface area contributed by atoms with Crippen LogP contribution in [0, 0.1) is 6.92 Å². The van der Waals surface area contributed by atoms with Crippen molar-refractivity contribution in [2.45, 2.75) is 12.8 Å². The molecule has 2 heterocycles. The molecule has 2 aromatic rings. The number of halogens is 2. The number of rotatable bonds is 2. The lowest BCUT2D eigenvalue weighted by atomic mass is 10.3. The Bertz CT molecular complexity index is 461. The van der Waals surface area contributed by atoms with Crippen LogP contribution in [-0.4, -0.2) is 19.7 Å². The topological polar surface area (TPSA) is 43.6 Å². The molecule has 0 atom stereocenters. The molecule has 0 amide bonds. The van der Waals surface area contributed by atoms with Gasteiger partial charge in [-0.1, -0.05) is 11.6 Å². The fraction of sp³-hybridized carbons (Fsp3) is 0.222. The summed E-state index contributed by atoms with van der Waals surface area (Å²) in [5, 5.41) is 4.83. The molecule has 0 unspecified atom stereocenters. The van der Waals surface area contributed by atoms with E-state index in [0.29, 0.717) is 16.7 Å². The van der Waals surface area contributed by atoms with Crippen molar-refractivity contribution in [3.63, 3.8) is 0 Å². The number of alkyl halides is 1. The average Bonchev–Trinajstić information content (AvgIpc) is 2.59. The molecule has 0 aromatic carbocycles. The Kier molecular flexibility index (Phi) is 2.88. The van der Waals surface area contributed by atoms with Gasteiger partial charge in [0.25, 0.3) is 0 Å². The van der Waals surface area contributed by atoms with Gasteiger partial charge in [0, 0.05) is 11.8 Å². The van der Waals surface area contributed by atoms with Crippen LogP contribution < -0.4 is 0 Å². The monoisotopic (exact) mass is 242 g/mol. The highest BCUT2D eigenvalue weighted by Crippen LogP contribution is 2.17. The maximum Gasteiger partial charge on any atom is 0.161 e. The van der Waals surface area contributed by atoms with Gasteiger partial charge in [-0.05, 0) is 6.92 Å². The van der Waals surface area contributed by atoms with Crippen LogP contribution in [0.5, 0.6) is 0 Å². The molecule has 0 N–H and O–H groups in total. The van der Waals surface area contributed by atoms with Crippen molar-refractivity contribution in [3.8, 4) is 5.82 Å². The first-order chi connectivity index (χ1) is 7.22. The van der Waals surface area contributed by atoms with Gasteiger partial charge in [-0.25, -0.2) is 14.6 Å². The van der Waals surface area contributed by atoms with E-state index >= 15 is 0 Å². The van der Waals surface area contributed by atoms with E-state index in [4.69, 9.17) is 23.2 Å². The van der Waals surface area contributed by atoms with E-state index in [0.717, 1.165) is 11.3 Å². The van der Waals surface area contributed by atoms with Crippen molar-refractivity contribution in [2.24, 2.45) is 0 Å². The van der Waals surface area contributed by atoms with Crippen LogP contribution in [0.2, 0.25) is 5.02 Å². The van der Waals surface area contributed by atoms with Gasteiger partial charge in [0.2, 0.25) is 0 Å². The van der Waals surface area contributed by atoms with Gasteiger partial charge in [-0.2, -0.15) is 5.10 Å². The third-order valence-corrected chi connectivity index (χ3v) is 2.62. The molecule has 78 valence electrons. The molecule has 0 spiro atoms. The summed E-state index contributed by atoms with van der Waals surface area (Å²) in [7, 11) is 0. The molecule has 0 aliphatic carbocycles. The molecular weight excluding hydrogens is 235 g/mol. The van der Waals surface area contributed by atoms with Crippen LogP contribution in [0.1, 0.15) is 11.3 Å². The van der Waals surface area contributed by atoms with Crippen LogP contribution in [0.3, 0.4) is 0 Å². The van der Waals surface area contributed by atoms with Crippen molar-refractivity contribution >= 4 is 23.2 Å². The Labute approximate surface area is 96.9 Å². The number of nitrogens with zero attached hydrogens (tertiary/aromatic N) is 4. The molecule has 0 aliphatic rings. The summed E-state index contributed by atoms with van der Waals surface area (Å²) in [6, 6.07) is 0. The van der Waals surface area contributed by atoms with Crippen molar-refractivity contribution in [2.75, 3.05) is 0 Å².